The molecule has 5 rings (SSSR count). The van der Waals surface area contributed by atoms with E-state index in [9.17, 15) is 4.79 Å². The number of amides is 1. The van der Waals surface area contributed by atoms with Gasteiger partial charge in [-0.2, -0.15) is 0 Å². The maximum Gasteiger partial charge on any atom is 0.293 e. The van der Waals surface area contributed by atoms with E-state index in [1.54, 1.807) is 6.07 Å². The Morgan fingerprint density at radius 1 is 0.906 bits per heavy atom. The van der Waals surface area contributed by atoms with Crippen molar-refractivity contribution in [2.75, 3.05) is 5.32 Å². The van der Waals surface area contributed by atoms with Crippen molar-refractivity contribution in [3.05, 3.63) is 83.6 Å². The Morgan fingerprint density at radius 3 is 2.44 bits per heavy atom. The molecule has 2 aromatic heterocycles. The molecule has 3 aromatic carbocycles. The number of anilines is 1. The summed E-state index contributed by atoms with van der Waals surface area (Å²) >= 11 is 5.27. The average Bonchev–Trinajstić information content (AvgIpc) is 3.38. The molecule has 5 aromatic rings. The molecule has 0 aliphatic heterocycles. The minimum Gasteiger partial charge on any atom is -0.451 e. The Bertz CT molecular complexity index is 1410. The van der Waals surface area contributed by atoms with Gasteiger partial charge in [0.25, 0.3) is 5.91 Å². The zero-order valence-corrected chi connectivity index (χ0v) is 18.2. The molecular formula is C25H19N3O3S. The van der Waals surface area contributed by atoms with Crippen LogP contribution in [0.1, 0.15) is 21.7 Å². The number of para-hydroxylation sites is 1. The van der Waals surface area contributed by atoms with Gasteiger partial charge in [0.1, 0.15) is 11.1 Å². The van der Waals surface area contributed by atoms with E-state index >= 15 is 0 Å². The lowest BCUT2D eigenvalue weighted by Crippen LogP contribution is -2.33. The molecule has 0 radical (unpaired) electrons. The molecule has 6 nitrogen and oxygen atoms in total. The smallest absolute Gasteiger partial charge is 0.293 e. The van der Waals surface area contributed by atoms with Gasteiger partial charge in [-0.25, -0.2) is 4.98 Å². The summed E-state index contributed by atoms with van der Waals surface area (Å²) in [5, 5.41) is 6.68. The van der Waals surface area contributed by atoms with E-state index in [2.05, 4.69) is 22.5 Å². The minimum absolute atomic E-state index is 0.177. The number of rotatable bonds is 3. The fourth-order valence-corrected chi connectivity index (χ4v) is 3.63. The van der Waals surface area contributed by atoms with Crippen molar-refractivity contribution in [3.63, 3.8) is 0 Å². The van der Waals surface area contributed by atoms with Crippen molar-refractivity contribution in [1.29, 1.82) is 0 Å². The van der Waals surface area contributed by atoms with Crippen LogP contribution in [0.5, 0.6) is 0 Å². The summed E-state index contributed by atoms with van der Waals surface area (Å²) in [4.78, 5) is 17.0. The van der Waals surface area contributed by atoms with Crippen LogP contribution in [0.25, 0.3) is 33.5 Å². The number of aromatic nitrogens is 1. The Morgan fingerprint density at radius 2 is 1.66 bits per heavy atom. The van der Waals surface area contributed by atoms with Gasteiger partial charge in [-0.1, -0.05) is 18.2 Å². The first-order valence-corrected chi connectivity index (χ1v) is 10.5. The van der Waals surface area contributed by atoms with Crippen LogP contribution in [0, 0.1) is 13.8 Å². The summed E-state index contributed by atoms with van der Waals surface area (Å²) in [6, 6.07) is 20.6. The maximum atomic E-state index is 12.4. The summed E-state index contributed by atoms with van der Waals surface area (Å²) in [5.41, 5.74) is 6.16. The first-order chi connectivity index (χ1) is 15.5. The van der Waals surface area contributed by atoms with Crippen LogP contribution >= 0.6 is 12.2 Å². The van der Waals surface area contributed by atoms with Gasteiger partial charge in [0.05, 0.1) is 0 Å². The normalized spacial score (nSPS) is 11.1. The number of oxazole rings is 1. The number of thiocarbonyl (C=S) groups is 1. The number of furan rings is 1. The Labute approximate surface area is 189 Å². The van der Waals surface area contributed by atoms with E-state index in [-0.39, 0.29) is 10.9 Å². The highest BCUT2D eigenvalue weighted by Crippen LogP contribution is 2.27. The van der Waals surface area contributed by atoms with E-state index in [0.29, 0.717) is 11.5 Å². The number of carbonyl (C=O) groups excluding carboxylic acids is 1. The van der Waals surface area contributed by atoms with Gasteiger partial charge in [0.2, 0.25) is 5.89 Å². The van der Waals surface area contributed by atoms with E-state index < -0.39 is 5.91 Å². The van der Waals surface area contributed by atoms with E-state index in [1.807, 2.05) is 67.6 Å². The molecule has 32 heavy (non-hydrogen) atoms. The highest BCUT2D eigenvalue weighted by Gasteiger charge is 2.14. The first kappa shape index (κ1) is 20.0. The third-order valence-electron chi connectivity index (χ3n) is 5.27. The Kier molecular flexibility index (Phi) is 4.95. The summed E-state index contributed by atoms with van der Waals surface area (Å²) < 4.78 is 11.5. The highest BCUT2D eigenvalue weighted by molar-refractivity contribution is 7.80. The summed E-state index contributed by atoms with van der Waals surface area (Å²) in [7, 11) is 0. The SMILES string of the molecule is Cc1cc2nc(-c3ccc(NC(=S)NC(=O)c4cc5ccccc5o4)cc3)oc2cc1C. The van der Waals surface area contributed by atoms with Crippen LogP contribution < -0.4 is 10.6 Å². The molecule has 0 saturated heterocycles. The zero-order chi connectivity index (χ0) is 22.2. The molecule has 0 aliphatic rings. The molecule has 1 amide bonds. The molecule has 0 aliphatic carbocycles. The monoisotopic (exact) mass is 441 g/mol. The van der Waals surface area contributed by atoms with Crippen molar-refractivity contribution < 1.29 is 13.6 Å². The molecule has 7 heteroatoms. The number of nitrogens with one attached hydrogen (secondary N) is 2. The molecule has 158 valence electrons. The lowest BCUT2D eigenvalue weighted by Gasteiger charge is -2.08. The van der Waals surface area contributed by atoms with Crippen LogP contribution in [-0.4, -0.2) is 16.0 Å². The zero-order valence-electron chi connectivity index (χ0n) is 17.4. The average molecular weight is 442 g/mol. The molecule has 0 fully saturated rings. The van der Waals surface area contributed by atoms with Crippen LogP contribution in [0.2, 0.25) is 0 Å². The highest BCUT2D eigenvalue weighted by atomic mass is 32.1. The van der Waals surface area contributed by atoms with Gasteiger partial charge >= 0.3 is 0 Å². The second-order valence-corrected chi connectivity index (χ2v) is 7.97. The van der Waals surface area contributed by atoms with Gasteiger partial charge in [-0.05, 0) is 85.7 Å². The summed E-state index contributed by atoms with van der Waals surface area (Å²) in [5.74, 6) is 0.344. The number of hydrogen-bond donors (Lipinski definition) is 2. The fraction of sp³-hybridized carbons (Fsp3) is 0.0800. The molecule has 2 heterocycles. The van der Waals surface area contributed by atoms with Gasteiger partial charge in [0, 0.05) is 16.6 Å². The van der Waals surface area contributed by atoms with Crippen molar-refractivity contribution in [2.45, 2.75) is 13.8 Å². The molecule has 2 N–H and O–H groups in total. The van der Waals surface area contributed by atoms with Crippen molar-refractivity contribution in [1.82, 2.24) is 10.3 Å². The number of hydrogen-bond acceptors (Lipinski definition) is 5. The fourth-order valence-electron chi connectivity index (χ4n) is 3.42. The predicted molar refractivity (Wildman–Crippen MR) is 129 cm³/mol. The largest absolute Gasteiger partial charge is 0.451 e. The van der Waals surface area contributed by atoms with Crippen LogP contribution in [0.3, 0.4) is 0 Å². The van der Waals surface area contributed by atoms with Crippen molar-refractivity contribution >= 4 is 51.0 Å². The standard InChI is InChI=1S/C25H19N3O3S/c1-14-11-19-21(12-15(14)2)31-24(27-19)16-7-9-18(10-8-16)26-25(32)28-23(29)22-13-17-5-3-4-6-20(17)30-22/h3-13H,1-2H3,(H2,26,28,29,32). The van der Waals surface area contributed by atoms with Gasteiger partial charge in [0.15, 0.2) is 16.5 Å². The lowest BCUT2D eigenvalue weighted by atomic mass is 10.1. The summed E-state index contributed by atoms with van der Waals surface area (Å²) in [6.45, 7) is 4.10. The molecule has 0 saturated carbocycles. The third kappa shape index (κ3) is 3.86. The molecule has 0 spiro atoms. The number of carbonyl (C=O) groups is 1. The number of aryl methyl sites for hydroxylation is 2. The van der Waals surface area contributed by atoms with Gasteiger partial charge < -0.3 is 14.2 Å². The van der Waals surface area contributed by atoms with Crippen LogP contribution in [0.4, 0.5) is 5.69 Å². The topological polar surface area (TPSA) is 80.3 Å². The van der Waals surface area contributed by atoms with Crippen molar-refractivity contribution in [2.24, 2.45) is 0 Å². The summed E-state index contributed by atoms with van der Waals surface area (Å²) in [6.07, 6.45) is 0. The van der Waals surface area contributed by atoms with Gasteiger partial charge in [-0.3, -0.25) is 10.1 Å². The second kappa shape index (κ2) is 7.94. The van der Waals surface area contributed by atoms with Gasteiger partial charge in [-0.15, -0.1) is 0 Å². The maximum absolute atomic E-state index is 12.4. The second-order valence-electron chi connectivity index (χ2n) is 7.56. The first-order valence-electron chi connectivity index (χ1n) is 10.1. The predicted octanol–water partition coefficient (Wildman–Crippen LogP) is 5.98. The molecule has 0 atom stereocenters. The van der Waals surface area contributed by atoms with E-state index in [0.717, 1.165) is 33.3 Å². The Balaban J connectivity index is 1.27. The molecule has 0 unspecified atom stereocenters. The number of nitrogens with zero attached hydrogens (tertiary/aromatic N) is 1. The van der Waals surface area contributed by atoms with Crippen LogP contribution in [-0.2, 0) is 0 Å². The van der Waals surface area contributed by atoms with E-state index in [4.69, 9.17) is 21.1 Å². The molecule has 0 bridgehead atoms. The van der Waals surface area contributed by atoms with E-state index in [1.165, 1.54) is 5.56 Å². The Hall–Kier alpha value is -3.97. The quantitative estimate of drug-likeness (QED) is 0.335. The minimum atomic E-state index is -0.410. The number of benzene rings is 3. The number of fused-ring (bicyclic) bond motifs is 2. The molecular weight excluding hydrogens is 422 g/mol. The third-order valence-corrected chi connectivity index (χ3v) is 5.47. The van der Waals surface area contributed by atoms with Crippen molar-refractivity contribution in [3.8, 4) is 11.5 Å². The lowest BCUT2D eigenvalue weighted by molar-refractivity contribution is 0.0953. The van der Waals surface area contributed by atoms with Crippen LogP contribution in [0.15, 0.2) is 75.6 Å².